The van der Waals surface area contributed by atoms with Gasteiger partial charge in [-0.05, 0) is 43.4 Å². The standard InChI is InChI=1S/C16H23ClN2O2/c1-3-18-14-5-4-12(17)10-13(14)15(20)19-11-16(2)6-8-21-9-7-16/h4-5,10,18H,3,6-9,11H2,1-2H3,(H,19,20). The third kappa shape index (κ3) is 4.35. The van der Waals surface area contributed by atoms with Gasteiger partial charge in [0.15, 0.2) is 0 Å². The summed E-state index contributed by atoms with van der Waals surface area (Å²) in [5, 5.41) is 6.80. The van der Waals surface area contributed by atoms with E-state index in [4.69, 9.17) is 16.3 Å². The van der Waals surface area contributed by atoms with Crippen LogP contribution in [0.3, 0.4) is 0 Å². The molecule has 0 unspecified atom stereocenters. The van der Waals surface area contributed by atoms with Crippen LogP contribution < -0.4 is 10.6 Å². The maximum absolute atomic E-state index is 12.4. The molecule has 116 valence electrons. The molecule has 0 saturated carbocycles. The Balaban J connectivity index is 2.04. The van der Waals surface area contributed by atoms with Crippen LogP contribution in [0.2, 0.25) is 5.02 Å². The minimum atomic E-state index is -0.0823. The molecule has 1 aromatic rings. The first-order valence-electron chi connectivity index (χ1n) is 7.43. The normalized spacial score (nSPS) is 17.3. The number of amides is 1. The van der Waals surface area contributed by atoms with Crippen molar-refractivity contribution in [3.63, 3.8) is 0 Å². The molecule has 4 nitrogen and oxygen atoms in total. The predicted octanol–water partition coefficient (Wildman–Crippen LogP) is 3.32. The molecule has 0 aliphatic carbocycles. The Hall–Kier alpha value is -1.26. The molecule has 0 atom stereocenters. The summed E-state index contributed by atoms with van der Waals surface area (Å²) >= 11 is 6.01. The van der Waals surface area contributed by atoms with Crippen LogP contribution in [0, 0.1) is 5.41 Å². The van der Waals surface area contributed by atoms with Gasteiger partial charge in [-0.1, -0.05) is 18.5 Å². The second-order valence-corrected chi connectivity index (χ2v) is 6.26. The molecule has 0 radical (unpaired) electrons. The van der Waals surface area contributed by atoms with E-state index in [0.29, 0.717) is 17.1 Å². The van der Waals surface area contributed by atoms with Gasteiger partial charge in [0.05, 0.1) is 5.56 Å². The molecular formula is C16H23ClN2O2. The fraction of sp³-hybridized carbons (Fsp3) is 0.562. The number of ether oxygens (including phenoxy) is 1. The van der Waals surface area contributed by atoms with Crippen LogP contribution in [0.4, 0.5) is 5.69 Å². The molecule has 2 rings (SSSR count). The molecule has 21 heavy (non-hydrogen) atoms. The van der Waals surface area contributed by atoms with E-state index in [1.807, 2.05) is 13.0 Å². The van der Waals surface area contributed by atoms with Gasteiger partial charge in [-0.25, -0.2) is 0 Å². The smallest absolute Gasteiger partial charge is 0.253 e. The average Bonchev–Trinajstić information content (AvgIpc) is 2.48. The van der Waals surface area contributed by atoms with Crippen LogP contribution in [0.1, 0.15) is 37.0 Å². The summed E-state index contributed by atoms with van der Waals surface area (Å²) in [4.78, 5) is 12.4. The maximum Gasteiger partial charge on any atom is 0.253 e. The van der Waals surface area contributed by atoms with E-state index in [1.54, 1.807) is 12.1 Å². The summed E-state index contributed by atoms with van der Waals surface area (Å²) in [5.41, 5.74) is 1.53. The van der Waals surface area contributed by atoms with Gasteiger partial charge in [-0.3, -0.25) is 4.79 Å². The van der Waals surface area contributed by atoms with E-state index >= 15 is 0 Å². The average molecular weight is 311 g/mol. The van der Waals surface area contributed by atoms with Gasteiger partial charge in [0, 0.05) is 37.0 Å². The van der Waals surface area contributed by atoms with Crippen molar-refractivity contribution in [2.24, 2.45) is 5.41 Å². The highest BCUT2D eigenvalue weighted by Crippen LogP contribution is 2.29. The number of hydrogen-bond acceptors (Lipinski definition) is 3. The fourth-order valence-corrected chi connectivity index (χ4v) is 2.65. The molecule has 1 aliphatic rings. The Kier molecular flexibility index (Phi) is 5.48. The van der Waals surface area contributed by atoms with Crippen LogP contribution in [-0.4, -0.2) is 32.2 Å². The first-order chi connectivity index (χ1) is 10.0. The van der Waals surface area contributed by atoms with Crippen molar-refractivity contribution >= 4 is 23.2 Å². The van der Waals surface area contributed by atoms with Crippen LogP contribution in [0.25, 0.3) is 0 Å². The Bertz CT molecular complexity index is 499. The molecule has 1 fully saturated rings. The second kappa shape index (κ2) is 7.14. The van der Waals surface area contributed by atoms with Gasteiger partial charge in [0.2, 0.25) is 0 Å². The van der Waals surface area contributed by atoms with Gasteiger partial charge in [-0.2, -0.15) is 0 Å². The van der Waals surface area contributed by atoms with E-state index in [9.17, 15) is 4.79 Å². The summed E-state index contributed by atoms with van der Waals surface area (Å²) in [7, 11) is 0. The van der Waals surface area contributed by atoms with Crippen molar-refractivity contribution in [1.82, 2.24) is 5.32 Å². The number of carbonyl (C=O) groups is 1. The minimum Gasteiger partial charge on any atom is -0.385 e. The zero-order chi connectivity index (χ0) is 15.3. The lowest BCUT2D eigenvalue weighted by Gasteiger charge is -2.33. The predicted molar refractivity (Wildman–Crippen MR) is 86.1 cm³/mol. The van der Waals surface area contributed by atoms with E-state index in [-0.39, 0.29) is 11.3 Å². The van der Waals surface area contributed by atoms with E-state index in [0.717, 1.165) is 38.3 Å². The molecular weight excluding hydrogens is 288 g/mol. The largest absolute Gasteiger partial charge is 0.385 e. The van der Waals surface area contributed by atoms with Crippen molar-refractivity contribution in [2.75, 3.05) is 31.6 Å². The zero-order valence-electron chi connectivity index (χ0n) is 12.7. The summed E-state index contributed by atoms with van der Waals surface area (Å²) in [5.74, 6) is -0.0823. The first kappa shape index (κ1) is 16.1. The number of carbonyl (C=O) groups excluding carboxylic acids is 1. The van der Waals surface area contributed by atoms with Crippen LogP contribution in [0.15, 0.2) is 18.2 Å². The first-order valence-corrected chi connectivity index (χ1v) is 7.81. The summed E-state index contributed by atoms with van der Waals surface area (Å²) in [6.07, 6.45) is 1.95. The van der Waals surface area contributed by atoms with Crippen molar-refractivity contribution in [3.8, 4) is 0 Å². The highest BCUT2D eigenvalue weighted by atomic mass is 35.5. The quantitative estimate of drug-likeness (QED) is 0.877. The lowest BCUT2D eigenvalue weighted by atomic mass is 9.82. The molecule has 1 saturated heterocycles. The Morgan fingerprint density at radius 1 is 1.38 bits per heavy atom. The van der Waals surface area contributed by atoms with Crippen molar-refractivity contribution in [1.29, 1.82) is 0 Å². The van der Waals surface area contributed by atoms with Gasteiger partial charge in [-0.15, -0.1) is 0 Å². The molecule has 1 amide bonds. The number of nitrogens with one attached hydrogen (secondary N) is 2. The number of rotatable bonds is 5. The van der Waals surface area contributed by atoms with E-state index < -0.39 is 0 Å². The lowest BCUT2D eigenvalue weighted by molar-refractivity contribution is 0.0238. The number of anilines is 1. The summed E-state index contributed by atoms with van der Waals surface area (Å²) < 4.78 is 5.38. The molecule has 0 bridgehead atoms. The third-order valence-electron chi connectivity index (χ3n) is 3.97. The van der Waals surface area contributed by atoms with Gasteiger partial charge in [0.25, 0.3) is 5.91 Å². The third-order valence-corrected chi connectivity index (χ3v) is 4.20. The van der Waals surface area contributed by atoms with Gasteiger partial charge >= 0.3 is 0 Å². The fourth-order valence-electron chi connectivity index (χ4n) is 2.48. The monoisotopic (exact) mass is 310 g/mol. The molecule has 0 aromatic heterocycles. The Labute approximate surface area is 131 Å². The van der Waals surface area contributed by atoms with Gasteiger partial charge < -0.3 is 15.4 Å². The molecule has 1 aromatic carbocycles. The zero-order valence-corrected chi connectivity index (χ0v) is 13.4. The number of hydrogen-bond donors (Lipinski definition) is 2. The molecule has 0 spiro atoms. The van der Waals surface area contributed by atoms with Gasteiger partial charge in [0.1, 0.15) is 0 Å². The SMILES string of the molecule is CCNc1ccc(Cl)cc1C(=O)NCC1(C)CCOCC1. The van der Waals surface area contributed by atoms with Crippen LogP contribution >= 0.6 is 11.6 Å². The molecule has 1 heterocycles. The minimum absolute atomic E-state index is 0.0823. The van der Waals surface area contributed by atoms with Crippen molar-refractivity contribution in [3.05, 3.63) is 28.8 Å². The summed E-state index contributed by atoms with van der Waals surface area (Å²) in [6, 6.07) is 5.34. The topological polar surface area (TPSA) is 50.4 Å². The Morgan fingerprint density at radius 2 is 2.10 bits per heavy atom. The van der Waals surface area contributed by atoms with E-state index in [1.165, 1.54) is 0 Å². The molecule has 1 aliphatic heterocycles. The lowest BCUT2D eigenvalue weighted by Crippen LogP contribution is -2.39. The maximum atomic E-state index is 12.4. The van der Waals surface area contributed by atoms with Crippen LogP contribution in [0.5, 0.6) is 0 Å². The van der Waals surface area contributed by atoms with Crippen molar-refractivity contribution < 1.29 is 9.53 Å². The number of halogens is 1. The summed E-state index contributed by atoms with van der Waals surface area (Å²) in [6.45, 7) is 7.15. The highest BCUT2D eigenvalue weighted by Gasteiger charge is 2.28. The van der Waals surface area contributed by atoms with Crippen LogP contribution in [-0.2, 0) is 4.74 Å². The Morgan fingerprint density at radius 3 is 2.76 bits per heavy atom. The molecule has 2 N–H and O–H groups in total. The second-order valence-electron chi connectivity index (χ2n) is 5.83. The highest BCUT2D eigenvalue weighted by molar-refractivity contribution is 6.31. The molecule has 5 heteroatoms. The van der Waals surface area contributed by atoms with Crippen molar-refractivity contribution in [2.45, 2.75) is 26.7 Å². The van der Waals surface area contributed by atoms with E-state index in [2.05, 4.69) is 17.6 Å². The number of benzene rings is 1.